The van der Waals surface area contributed by atoms with Gasteiger partial charge in [0.25, 0.3) is 0 Å². The number of hydrogen-bond acceptors (Lipinski definition) is 7. The van der Waals surface area contributed by atoms with Gasteiger partial charge in [0.05, 0.1) is 34.3 Å². The molecule has 10 heteroatoms. The van der Waals surface area contributed by atoms with Crippen LogP contribution in [0.1, 0.15) is 4.88 Å². The highest BCUT2D eigenvalue weighted by Crippen LogP contribution is 2.34. The predicted molar refractivity (Wildman–Crippen MR) is 128 cm³/mol. The SMILES string of the molecule is COc1ccccc1-n1c(SCC(=O)N(C)Cc2ccc(Cl)s2)nnc1-c1cccs1. The Bertz CT molecular complexity index is 1170. The van der Waals surface area contributed by atoms with Crippen molar-refractivity contribution in [2.24, 2.45) is 0 Å². The molecule has 3 aromatic heterocycles. The van der Waals surface area contributed by atoms with Crippen LogP contribution in [0.4, 0.5) is 0 Å². The molecule has 1 aromatic carbocycles. The first-order valence-electron chi connectivity index (χ1n) is 9.30. The maximum absolute atomic E-state index is 12.7. The highest BCUT2D eigenvalue weighted by Gasteiger charge is 2.21. The average molecular weight is 491 g/mol. The van der Waals surface area contributed by atoms with Crippen molar-refractivity contribution in [2.75, 3.05) is 19.9 Å². The van der Waals surface area contributed by atoms with Crippen LogP contribution in [0.3, 0.4) is 0 Å². The van der Waals surface area contributed by atoms with Crippen molar-refractivity contribution in [3.05, 3.63) is 63.1 Å². The lowest BCUT2D eigenvalue weighted by Crippen LogP contribution is -2.27. The molecule has 0 bridgehead atoms. The maximum atomic E-state index is 12.7. The molecule has 0 aliphatic rings. The van der Waals surface area contributed by atoms with E-state index in [1.807, 2.05) is 58.5 Å². The number of carbonyl (C=O) groups excluding carboxylic acids is 1. The van der Waals surface area contributed by atoms with E-state index >= 15 is 0 Å². The van der Waals surface area contributed by atoms with E-state index in [0.717, 1.165) is 25.6 Å². The van der Waals surface area contributed by atoms with Gasteiger partial charge >= 0.3 is 0 Å². The molecular weight excluding hydrogens is 472 g/mol. The van der Waals surface area contributed by atoms with E-state index < -0.39 is 0 Å². The molecule has 4 aromatic rings. The first-order valence-corrected chi connectivity index (χ1v) is 12.4. The number of carbonyl (C=O) groups is 1. The molecule has 0 N–H and O–H groups in total. The number of hydrogen-bond donors (Lipinski definition) is 0. The smallest absolute Gasteiger partial charge is 0.233 e. The average Bonchev–Trinajstić information content (AvgIpc) is 3.52. The molecule has 0 radical (unpaired) electrons. The summed E-state index contributed by atoms with van der Waals surface area (Å²) in [6, 6.07) is 15.5. The molecule has 0 spiro atoms. The molecule has 0 atom stereocenters. The summed E-state index contributed by atoms with van der Waals surface area (Å²) in [5.74, 6) is 1.67. The van der Waals surface area contributed by atoms with E-state index in [4.69, 9.17) is 16.3 Å². The van der Waals surface area contributed by atoms with Crippen molar-refractivity contribution < 1.29 is 9.53 Å². The normalized spacial score (nSPS) is 10.9. The molecule has 6 nitrogen and oxygen atoms in total. The number of nitrogens with zero attached hydrogens (tertiary/aromatic N) is 4. The fraction of sp³-hybridized carbons (Fsp3) is 0.190. The third-order valence-electron chi connectivity index (χ3n) is 4.47. The second kappa shape index (κ2) is 9.86. The van der Waals surface area contributed by atoms with Crippen LogP contribution < -0.4 is 4.74 Å². The quantitative estimate of drug-likeness (QED) is 0.306. The molecule has 0 saturated carbocycles. The number of ether oxygens (including phenoxy) is 1. The molecule has 31 heavy (non-hydrogen) atoms. The zero-order chi connectivity index (χ0) is 21.8. The van der Waals surface area contributed by atoms with Gasteiger partial charge in [-0.1, -0.05) is 41.6 Å². The molecule has 0 aliphatic carbocycles. The van der Waals surface area contributed by atoms with Gasteiger partial charge in [-0.15, -0.1) is 32.9 Å². The molecule has 4 rings (SSSR count). The van der Waals surface area contributed by atoms with Crippen molar-refractivity contribution in [1.29, 1.82) is 0 Å². The van der Waals surface area contributed by atoms with Crippen LogP contribution in [0.15, 0.2) is 59.1 Å². The van der Waals surface area contributed by atoms with E-state index in [1.54, 1.807) is 30.4 Å². The minimum absolute atomic E-state index is 0.00164. The van der Waals surface area contributed by atoms with Crippen molar-refractivity contribution in [3.8, 4) is 22.1 Å². The lowest BCUT2D eigenvalue weighted by atomic mass is 10.3. The van der Waals surface area contributed by atoms with Gasteiger partial charge in [0.2, 0.25) is 5.91 Å². The van der Waals surface area contributed by atoms with Gasteiger partial charge < -0.3 is 9.64 Å². The first kappa shape index (κ1) is 21.9. The van der Waals surface area contributed by atoms with Crippen LogP contribution >= 0.6 is 46.0 Å². The van der Waals surface area contributed by atoms with E-state index in [1.165, 1.54) is 23.1 Å². The third kappa shape index (κ3) is 4.95. The summed E-state index contributed by atoms with van der Waals surface area (Å²) in [7, 11) is 3.43. The largest absolute Gasteiger partial charge is 0.495 e. The first-order chi connectivity index (χ1) is 15.1. The fourth-order valence-electron chi connectivity index (χ4n) is 2.96. The molecule has 0 saturated heterocycles. The van der Waals surface area contributed by atoms with Crippen molar-refractivity contribution >= 4 is 51.9 Å². The van der Waals surface area contributed by atoms with Crippen LogP contribution in [0.2, 0.25) is 4.34 Å². The Hall–Kier alpha value is -2.33. The predicted octanol–water partition coefficient (Wildman–Crippen LogP) is 5.47. The number of thioether (sulfide) groups is 1. The monoisotopic (exact) mass is 490 g/mol. The van der Waals surface area contributed by atoms with E-state index in [0.29, 0.717) is 17.5 Å². The molecule has 1 amide bonds. The Morgan fingerprint density at radius 2 is 2.03 bits per heavy atom. The van der Waals surface area contributed by atoms with Crippen LogP contribution in [0, 0.1) is 0 Å². The van der Waals surface area contributed by atoms with E-state index in [-0.39, 0.29) is 11.7 Å². The van der Waals surface area contributed by atoms with Crippen LogP contribution in [0.5, 0.6) is 5.75 Å². The standard InChI is InChI=1S/C21H19ClN4O2S3/c1-25(12-14-9-10-18(22)31-14)19(27)13-30-21-24-23-20(17-8-5-11-29-17)26(21)15-6-3-4-7-16(15)28-2/h3-11H,12-13H2,1-2H3. The van der Waals surface area contributed by atoms with E-state index in [2.05, 4.69) is 10.2 Å². The van der Waals surface area contributed by atoms with Crippen molar-refractivity contribution in [1.82, 2.24) is 19.7 Å². The Morgan fingerprint density at radius 3 is 2.74 bits per heavy atom. The lowest BCUT2D eigenvalue weighted by Gasteiger charge is -2.16. The van der Waals surface area contributed by atoms with Crippen molar-refractivity contribution in [2.45, 2.75) is 11.7 Å². The minimum Gasteiger partial charge on any atom is -0.495 e. The van der Waals surface area contributed by atoms with Crippen molar-refractivity contribution in [3.63, 3.8) is 0 Å². The summed E-state index contributed by atoms with van der Waals surface area (Å²) < 4.78 is 8.23. The molecule has 160 valence electrons. The summed E-state index contributed by atoms with van der Waals surface area (Å²) in [6.07, 6.45) is 0. The number of amides is 1. The van der Waals surface area contributed by atoms with Crippen LogP contribution in [-0.4, -0.2) is 45.5 Å². The highest BCUT2D eigenvalue weighted by atomic mass is 35.5. The second-order valence-corrected chi connectivity index (χ2v) is 10.2. The summed E-state index contributed by atoms with van der Waals surface area (Å²) in [6.45, 7) is 0.524. The summed E-state index contributed by atoms with van der Waals surface area (Å²) in [4.78, 5) is 16.5. The van der Waals surface area contributed by atoms with Gasteiger partial charge in [0.1, 0.15) is 5.75 Å². The molecule has 3 heterocycles. The summed E-state index contributed by atoms with van der Waals surface area (Å²) in [5, 5.41) is 11.4. The van der Waals surface area contributed by atoms with E-state index in [9.17, 15) is 4.79 Å². The Balaban J connectivity index is 1.58. The van der Waals surface area contributed by atoms with Crippen LogP contribution in [0.25, 0.3) is 16.4 Å². The number of benzene rings is 1. The number of aromatic nitrogens is 3. The van der Waals surface area contributed by atoms with Crippen LogP contribution in [-0.2, 0) is 11.3 Å². The highest BCUT2D eigenvalue weighted by molar-refractivity contribution is 7.99. The summed E-state index contributed by atoms with van der Waals surface area (Å²) in [5.41, 5.74) is 0.829. The fourth-order valence-corrected chi connectivity index (χ4v) is 5.68. The Labute approximate surface area is 197 Å². The molecule has 0 aliphatic heterocycles. The molecular formula is C21H19ClN4O2S3. The summed E-state index contributed by atoms with van der Waals surface area (Å²) >= 11 is 10.4. The molecule has 0 unspecified atom stereocenters. The Kier molecular flexibility index (Phi) is 6.96. The number of para-hydroxylation sites is 2. The second-order valence-electron chi connectivity index (χ2n) is 6.54. The molecule has 0 fully saturated rings. The van der Waals surface area contributed by atoms with Gasteiger partial charge in [-0.3, -0.25) is 9.36 Å². The number of thiophene rings is 2. The number of halogens is 1. The van der Waals surface area contributed by atoms with Gasteiger partial charge in [-0.25, -0.2) is 0 Å². The number of rotatable bonds is 8. The lowest BCUT2D eigenvalue weighted by molar-refractivity contribution is -0.127. The van der Waals surface area contributed by atoms with Gasteiger partial charge in [0.15, 0.2) is 11.0 Å². The zero-order valence-electron chi connectivity index (χ0n) is 16.8. The van der Waals surface area contributed by atoms with Gasteiger partial charge in [-0.05, 0) is 35.7 Å². The zero-order valence-corrected chi connectivity index (χ0v) is 20.0. The van der Waals surface area contributed by atoms with Gasteiger partial charge in [-0.2, -0.15) is 0 Å². The maximum Gasteiger partial charge on any atom is 0.233 e. The third-order valence-corrected chi connectivity index (χ3v) is 7.47. The topological polar surface area (TPSA) is 60.2 Å². The minimum atomic E-state index is 0.00164. The Morgan fingerprint density at radius 1 is 1.19 bits per heavy atom. The van der Waals surface area contributed by atoms with Gasteiger partial charge in [0, 0.05) is 11.9 Å². The number of methoxy groups -OCH3 is 1.